The topological polar surface area (TPSA) is 83.2 Å². The maximum atomic E-state index is 12.8. The van der Waals surface area contributed by atoms with Gasteiger partial charge in [0.1, 0.15) is 5.75 Å². The third kappa shape index (κ3) is 4.06. The summed E-state index contributed by atoms with van der Waals surface area (Å²) in [5.41, 5.74) is 2.83. The number of aromatic nitrogens is 1. The van der Waals surface area contributed by atoms with Crippen molar-refractivity contribution in [1.29, 1.82) is 0 Å². The van der Waals surface area contributed by atoms with Crippen molar-refractivity contribution in [3.63, 3.8) is 0 Å². The molecule has 0 saturated carbocycles. The van der Waals surface area contributed by atoms with Gasteiger partial charge in [-0.1, -0.05) is 23.7 Å². The average molecular weight is 386 g/mol. The van der Waals surface area contributed by atoms with Crippen LogP contribution in [-0.2, 0) is 4.79 Å². The van der Waals surface area contributed by atoms with Crippen LogP contribution in [0.5, 0.6) is 5.75 Å². The molecule has 2 aromatic carbocycles. The first-order valence-electron chi connectivity index (χ1n) is 8.42. The zero-order valence-electron chi connectivity index (χ0n) is 15.2. The molecule has 1 heterocycles. The Kier molecular flexibility index (Phi) is 5.37. The third-order valence-corrected chi connectivity index (χ3v) is 4.55. The lowest BCUT2D eigenvalue weighted by Gasteiger charge is -2.15. The fourth-order valence-electron chi connectivity index (χ4n) is 2.91. The van der Waals surface area contributed by atoms with Gasteiger partial charge >= 0.3 is 0 Å². The van der Waals surface area contributed by atoms with E-state index in [1.54, 1.807) is 24.4 Å². The highest BCUT2D eigenvalue weighted by molar-refractivity contribution is 6.33. The molecule has 3 N–H and O–H groups in total. The molecule has 2 amide bonds. The Hall–Kier alpha value is -2.99. The minimum atomic E-state index is -0.245. The summed E-state index contributed by atoms with van der Waals surface area (Å²) in [7, 11) is 1.53. The first-order chi connectivity index (χ1) is 12.9. The number of H-pyrrole nitrogens is 1. The summed E-state index contributed by atoms with van der Waals surface area (Å²) in [6.07, 6.45) is 1.65. The molecule has 6 nitrogen and oxygen atoms in total. The van der Waals surface area contributed by atoms with E-state index in [1.165, 1.54) is 14.0 Å². The molecule has 3 aromatic rings. The number of methoxy groups -OCH3 is 1. The number of amides is 2. The number of hydrogen-bond acceptors (Lipinski definition) is 3. The van der Waals surface area contributed by atoms with E-state index in [-0.39, 0.29) is 17.9 Å². The van der Waals surface area contributed by atoms with E-state index >= 15 is 0 Å². The van der Waals surface area contributed by atoms with Gasteiger partial charge in [-0.05, 0) is 36.8 Å². The molecule has 0 radical (unpaired) electrons. The normalized spacial score (nSPS) is 11.9. The molecule has 0 bridgehead atoms. The van der Waals surface area contributed by atoms with E-state index in [4.69, 9.17) is 16.3 Å². The van der Waals surface area contributed by atoms with Gasteiger partial charge in [0.05, 0.1) is 23.7 Å². The maximum Gasteiger partial charge on any atom is 0.253 e. The van der Waals surface area contributed by atoms with E-state index in [2.05, 4.69) is 15.6 Å². The summed E-state index contributed by atoms with van der Waals surface area (Å²) >= 11 is 6.13. The van der Waals surface area contributed by atoms with Crippen LogP contribution in [0.25, 0.3) is 10.9 Å². The number of rotatable bonds is 5. The largest absolute Gasteiger partial charge is 0.495 e. The molecule has 0 aliphatic carbocycles. The van der Waals surface area contributed by atoms with Gasteiger partial charge in [0.25, 0.3) is 5.91 Å². The number of carbonyl (C=O) groups excluding carboxylic acids is 2. The van der Waals surface area contributed by atoms with Gasteiger partial charge in [-0.2, -0.15) is 0 Å². The van der Waals surface area contributed by atoms with Crippen LogP contribution in [0.15, 0.2) is 42.6 Å². The zero-order chi connectivity index (χ0) is 19.6. The predicted molar refractivity (Wildman–Crippen MR) is 106 cm³/mol. The number of benzene rings is 2. The Balaban J connectivity index is 1.83. The molecule has 7 heteroatoms. The van der Waals surface area contributed by atoms with Crippen molar-refractivity contribution in [2.45, 2.75) is 19.9 Å². The summed E-state index contributed by atoms with van der Waals surface area (Å²) in [6.45, 7) is 3.34. The Morgan fingerprint density at radius 3 is 2.70 bits per heavy atom. The smallest absolute Gasteiger partial charge is 0.253 e. The number of ether oxygens (including phenoxy) is 1. The van der Waals surface area contributed by atoms with Crippen LogP contribution in [0.4, 0.5) is 5.69 Å². The molecule has 0 fully saturated rings. The van der Waals surface area contributed by atoms with Crippen molar-refractivity contribution in [2.24, 2.45) is 0 Å². The van der Waals surface area contributed by atoms with Gasteiger partial charge in [0.15, 0.2) is 0 Å². The lowest BCUT2D eigenvalue weighted by Crippen LogP contribution is -2.26. The van der Waals surface area contributed by atoms with E-state index in [9.17, 15) is 9.59 Å². The molecule has 0 aliphatic rings. The van der Waals surface area contributed by atoms with Crippen LogP contribution in [0.2, 0.25) is 5.02 Å². The second-order valence-corrected chi connectivity index (χ2v) is 6.64. The van der Waals surface area contributed by atoms with Crippen LogP contribution < -0.4 is 15.4 Å². The van der Waals surface area contributed by atoms with Crippen LogP contribution in [0.3, 0.4) is 0 Å². The van der Waals surface area contributed by atoms with Crippen molar-refractivity contribution in [2.75, 3.05) is 12.4 Å². The summed E-state index contributed by atoms with van der Waals surface area (Å²) in [6, 6.07) is 10.6. The fourth-order valence-corrected chi connectivity index (χ4v) is 3.16. The van der Waals surface area contributed by atoms with E-state index in [0.717, 1.165) is 16.5 Å². The number of aromatic amines is 1. The van der Waals surface area contributed by atoms with Crippen molar-refractivity contribution in [3.8, 4) is 5.75 Å². The number of halogens is 1. The van der Waals surface area contributed by atoms with E-state index in [1.807, 2.05) is 25.1 Å². The highest BCUT2D eigenvalue weighted by atomic mass is 35.5. The van der Waals surface area contributed by atoms with Crippen molar-refractivity contribution in [3.05, 3.63) is 58.7 Å². The van der Waals surface area contributed by atoms with Crippen molar-refractivity contribution >= 4 is 40.0 Å². The van der Waals surface area contributed by atoms with Gasteiger partial charge in [-0.15, -0.1) is 0 Å². The lowest BCUT2D eigenvalue weighted by molar-refractivity contribution is -0.114. The van der Waals surface area contributed by atoms with Crippen LogP contribution in [0, 0.1) is 0 Å². The van der Waals surface area contributed by atoms with Crippen LogP contribution in [-0.4, -0.2) is 23.9 Å². The minimum absolute atomic E-state index is 0.143. The van der Waals surface area contributed by atoms with E-state index in [0.29, 0.717) is 22.0 Å². The maximum absolute atomic E-state index is 12.8. The lowest BCUT2D eigenvalue weighted by atomic mass is 10.1. The predicted octanol–water partition coefficient (Wildman–Crippen LogP) is 4.28. The number of carbonyl (C=O) groups is 2. The van der Waals surface area contributed by atoms with Crippen molar-refractivity contribution < 1.29 is 14.3 Å². The molecule has 140 valence electrons. The molecule has 3 rings (SSSR count). The minimum Gasteiger partial charge on any atom is -0.495 e. The third-order valence-electron chi connectivity index (χ3n) is 4.25. The van der Waals surface area contributed by atoms with Crippen molar-refractivity contribution in [1.82, 2.24) is 10.3 Å². The first kappa shape index (κ1) is 18.8. The molecule has 0 unspecified atom stereocenters. The van der Waals surface area contributed by atoms with Gasteiger partial charge in [0, 0.05) is 29.7 Å². The zero-order valence-corrected chi connectivity index (χ0v) is 16.0. The monoisotopic (exact) mass is 385 g/mol. The van der Waals surface area contributed by atoms with Gasteiger partial charge < -0.3 is 20.4 Å². The number of fused-ring (bicyclic) bond motifs is 1. The molecular formula is C20H20ClN3O3. The summed E-state index contributed by atoms with van der Waals surface area (Å²) < 4.78 is 5.24. The molecule has 1 aromatic heterocycles. The SMILES string of the molecule is COc1cc2c(C(=O)N[C@H](C)c3cccc(NC(C)=O)c3)c[nH]c2cc1Cl. The number of hydrogen-bond donors (Lipinski definition) is 3. The molecule has 0 aliphatic heterocycles. The molecule has 0 saturated heterocycles. The quantitative estimate of drug-likeness (QED) is 0.613. The molecule has 0 spiro atoms. The Morgan fingerprint density at radius 1 is 1.22 bits per heavy atom. The molecule has 1 atom stereocenters. The standard InChI is InChI=1S/C20H20ClN3O3/c1-11(13-5-4-6-14(7-13)24-12(2)25)23-20(26)16-10-22-18-9-17(21)19(27-3)8-15(16)18/h4-11,22H,1-3H3,(H,23,26)(H,24,25)/t11-/m1/s1. The second kappa shape index (κ2) is 7.72. The second-order valence-electron chi connectivity index (χ2n) is 6.24. The van der Waals surface area contributed by atoms with E-state index < -0.39 is 0 Å². The molecule has 27 heavy (non-hydrogen) atoms. The van der Waals surface area contributed by atoms with Crippen LogP contribution >= 0.6 is 11.6 Å². The Morgan fingerprint density at radius 2 is 2.00 bits per heavy atom. The Bertz CT molecular complexity index is 1010. The Labute approximate surface area is 161 Å². The number of anilines is 1. The number of nitrogens with one attached hydrogen (secondary N) is 3. The highest BCUT2D eigenvalue weighted by Gasteiger charge is 2.17. The fraction of sp³-hybridized carbons (Fsp3) is 0.200. The first-order valence-corrected chi connectivity index (χ1v) is 8.80. The highest BCUT2D eigenvalue weighted by Crippen LogP contribution is 2.31. The average Bonchev–Trinajstić information content (AvgIpc) is 3.03. The van der Waals surface area contributed by atoms with Gasteiger partial charge in [-0.25, -0.2) is 0 Å². The van der Waals surface area contributed by atoms with Gasteiger partial charge in [0.2, 0.25) is 5.91 Å². The summed E-state index contributed by atoms with van der Waals surface area (Å²) in [4.78, 5) is 27.1. The van der Waals surface area contributed by atoms with Crippen LogP contribution in [0.1, 0.15) is 35.8 Å². The van der Waals surface area contributed by atoms with Gasteiger partial charge in [-0.3, -0.25) is 9.59 Å². The summed E-state index contributed by atoms with van der Waals surface area (Å²) in [5, 5.41) is 6.92. The summed E-state index contributed by atoms with van der Waals surface area (Å²) in [5.74, 6) is 0.146. The molecular weight excluding hydrogens is 366 g/mol.